The molecule has 2 aromatic heterocycles. The molecule has 2 aliphatic rings. The highest BCUT2D eigenvalue weighted by Gasteiger charge is 2.41. The molecule has 28 heavy (non-hydrogen) atoms. The third-order valence-corrected chi connectivity index (χ3v) is 5.74. The van der Waals surface area contributed by atoms with Crippen LogP contribution in [0, 0.1) is 12.3 Å². The van der Waals surface area contributed by atoms with Gasteiger partial charge in [0.2, 0.25) is 0 Å². The molecular weight excluding hydrogens is 358 g/mol. The predicted octanol–water partition coefficient (Wildman–Crippen LogP) is 1.08. The fourth-order valence-corrected chi connectivity index (χ4v) is 4.50. The predicted molar refractivity (Wildman–Crippen MR) is 103 cm³/mol. The topological polar surface area (TPSA) is 92.2 Å². The number of carbonyl (C=O) groups is 1. The number of nitrogens with zero attached hydrogens (tertiary/aromatic N) is 6. The zero-order chi connectivity index (χ0) is 19.6. The summed E-state index contributed by atoms with van der Waals surface area (Å²) >= 11 is 0. The Morgan fingerprint density at radius 1 is 1.36 bits per heavy atom. The molecule has 2 aliphatic heterocycles. The number of amides is 1. The minimum Gasteiger partial charge on any atom is -0.379 e. The van der Waals surface area contributed by atoms with Crippen LogP contribution in [0.15, 0.2) is 12.3 Å². The summed E-state index contributed by atoms with van der Waals surface area (Å²) < 4.78 is 7.78. The second kappa shape index (κ2) is 8.00. The Morgan fingerprint density at radius 3 is 3.04 bits per heavy atom. The van der Waals surface area contributed by atoms with Gasteiger partial charge in [0.05, 0.1) is 30.8 Å². The number of nitrogens with one attached hydrogen (secondary N) is 1. The maximum Gasteiger partial charge on any atom is 0.272 e. The molecule has 4 heterocycles. The molecule has 0 aliphatic carbocycles. The molecule has 0 saturated carbocycles. The van der Waals surface area contributed by atoms with Gasteiger partial charge in [0, 0.05) is 44.7 Å². The van der Waals surface area contributed by atoms with Gasteiger partial charge in [0.25, 0.3) is 5.91 Å². The fraction of sp³-hybridized carbons (Fsp3) is 0.684. The lowest BCUT2D eigenvalue weighted by atomic mass is 9.80. The van der Waals surface area contributed by atoms with Crippen molar-refractivity contribution in [2.45, 2.75) is 39.8 Å². The van der Waals surface area contributed by atoms with Crippen molar-refractivity contribution in [1.29, 1.82) is 0 Å². The van der Waals surface area contributed by atoms with E-state index >= 15 is 0 Å². The van der Waals surface area contributed by atoms with Gasteiger partial charge in [0.15, 0.2) is 0 Å². The van der Waals surface area contributed by atoms with Crippen molar-refractivity contribution in [2.75, 3.05) is 39.4 Å². The van der Waals surface area contributed by atoms with Crippen LogP contribution < -0.4 is 0 Å². The summed E-state index contributed by atoms with van der Waals surface area (Å²) in [5.41, 5.74) is 2.46. The Labute approximate surface area is 165 Å². The number of aromatic nitrogens is 5. The molecule has 2 fully saturated rings. The molecule has 0 radical (unpaired) electrons. The van der Waals surface area contributed by atoms with E-state index in [2.05, 4.69) is 25.4 Å². The first-order valence-corrected chi connectivity index (χ1v) is 10.1. The van der Waals surface area contributed by atoms with Gasteiger partial charge in [-0.15, -0.1) is 0 Å². The Bertz CT molecular complexity index is 803. The number of aromatic amines is 1. The number of H-pyrrole nitrogens is 1. The maximum absolute atomic E-state index is 13.2. The number of rotatable bonds is 4. The molecule has 1 unspecified atom stereocenters. The van der Waals surface area contributed by atoms with Gasteiger partial charge in [-0.2, -0.15) is 20.5 Å². The van der Waals surface area contributed by atoms with Gasteiger partial charge in [0.1, 0.15) is 5.69 Å². The van der Waals surface area contributed by atoms with Crippen LogP contribution in [0.3, 0.4) is 0 Å². The summed E-state index contributed by atoms with van der Waals surface area (Å²) in [6.45, 7) is 10.1. The van der Waals surface area contributed by atoms with Gasteiger partial charge < -0.3 is 9.64 Å². The smallest absolute Gasteiger partial charge is 0.272 e. The van der Waals surface area contributed by atoms with E-state index in [4.69, 9.17) is 4.74 Å². The van der Waals surface area contributed by atoms with Gasteiger partial charge in [-0.25, -0.2) is 0 Å². The van der Waals surface area contributed by atoms with Crippen molar-refractivity contribution in [1.82, 2.24) is 35.0 Å². The van der Waals surface area contributed by atoms with Crippen LogP contribution in [0.5, 0.6) is 0 Å². The maximum atomic E-state index is 13.2. The van der Waals surface area contributed by atoms with Crippen LogP contribution >= 0.6 is 0 Å². The first kappa shape index (κ1) is 19.1. The number of hydrogen-bond donors (Lipinski definition) is 1. The van der Waals surface area contributed by atoms with Crippen LogP contribution in [0.1, 0.15) is 41.6 Å². The molecule has 152 valence electrons. The third kappa shape index (κ3) is 3.95. The summed E-state index contributed by atoms with van der Waals surface area (Å²) in [5.74, 6) is 0.0776. The van der Waals surface area contributed by atoms with Crippen molar-refractivity contribution < 1.29 is 9.53 Å². The zero-order valence-corrected chi connectivity index (χ0v) is 16.7. The van der Waals surface area contributed by atoms with Gasteiger partial charge in [-0.05, 0) is 32.8 Å². The lowest BCUT2D eigenvalue weighted by molar-refractivity contribution is 0.00643. The molecule has 2 aromatic rings. The number of carbonyl (C=O) groups excluding carboxylic acids is 1. The average molecular weight is 387 g/mol. The van der Waals surface area contributed by atoms with Crippen LogP contribution in [-0.4, -0.2) is 80.3 Å². The van der Waals surface area contributed by atoms with Gasteiger partial charge in [-0.1, -0.05) is 0 Å². The number of piperidine rings is 1. The molecule has 9 nitrogen and oxygen atoms in total. The van der Waals surface area contributed by atoms with Crippen molar-refractivity contribution in [3.63, 3.8) is 0 Å². The third-order valence-electron chi connectivity index (χ3n) is 5.74. The minimum absolute atomic E-state index is 0.0414. The summed E-state index contributed by atoms with van der Waals surface area (Å²) in [6.07, 6.45) is 3.83. The molecule has 1 amide bonds. The van der Waals surface area contributed by atoms with Crippen molar-refractivity contribution in [3.8, 4) is 0 Å². The summed E-state index contributed by atoms with van der Waals surface area (Å²) in [5, 5.41) is 15.2. The molecule has 1 N–H and O–H groups in total. The monoisotopic (exact) mass is 387 g/mol. The number of likely N-dealkylation sites (tertiary alicyclic amines) is 1. The number of ether oxygens (including phenoxy) is 1. The first-order chi connectivity index (χ1) is 13.6. The molecule has 9 heteroatoms. The van der Waals surface area contributed by atoms with E-state index in [0.29, 0.717) is 25.5 Å². The highest BCUT2D eigenvalue weighted by atomic mass is 16.5. The van der Waals surface area contributed by atoms with Crippen molar-refractivity contribution >= 4 is 5.91 Å². The van der Waals surface area contributed by atoms with E-state index in [1.54, 1.807) is 10.9 Å². The van der Waals surface area contributed by atoms with E-state index in [9.17, 15) is 4.79 Å². The molecule has 2 saturated heterocycles. The normalized spacial score (nSPS) is 23.9. The largest absolute Gasteiger partial charge is 0.379 e. The van der Waals surface area contributed by atoms with Crippen LogP contribution in [0.4, 0.5) is 0 Å². The van der Waals surface area contributed by atoms with Crippen molar-refractivity contribution in [2.24, 2.45) is 5.41 Å². The Morgan fingerprint density at radius 2 is 2.25 bits per heavy atom. The lowest BCUT2D eigenvalue weighted by Crippen LogP contribution is -2.52. The Kier molecular flexibility index (Phi) is 5.45. The lowest BCUT2D eigenvalue weighted by Gasteiger charge is -2.43. The molecule has 4 rings (SSSR count). The van der Waals surface area contributed by atoms with Crippen LogP contribution in [0.2, 0.25) is 0 Å². The van der Waals surface area contributed by atoms with Crippen LogP contribution in [-0.2, 0) is 17.8 Å². The van der Waals surface area contributed by atoms with Gasteiger partial charge >= 0.3 is 0 Å². The van der Waals surface area contributed by atoms with Crippen LogP contribution in [0.25, 0.3) is 0 Å². The standard InChI is InChI=1S/C19H29N7O2/c1-3-26-17(9-15(2)22-26)18(27)25-6-4-5-19(13-25)12-24(7-8-28-14-19)11-16-10-20-23-21-16/h9-10H,3-8,11-14H2,1-2H3,(H,20,21,23). The number of aryl methyl sites for hydroxylation is 2. The zero-order valence-electron chi connectivity index (χ0n) is 16.7. The quantitative estimate of drug-likeness (QED) is 0.844. The minimum atomic E-state index is -0.0414. The SMILES string of the molecule is CCn1nc(C)cc1C(=O)N1CCCC2(COCCN(Cc3cn[nH]n3)C2)C1. The highest BCUT2D eigenvalue weighted by Crippen LogP contribution is 2.34. The second-order valence-electron chi connectivity index (χ2n) is 8.04. The fourth-order valence-electron chi connectivity index (χ4n) is 4.50. The Hall–Kier alpha value is -2.26. The molecule has 1 spiro atoms. The molecule has 0 aromatic carbocycles. The molecular formula is C19H29N7O2. The van der Waals surface area contributed by atoms with E-state index in [-0.39, 0.29) is 11.3 Å². The van der Waals surface area contributed by atoms with E-state index in [1.807, 2.05) is 24.8 Å². The highest BCUT2D eigenvalue weighted by molar-refractivity contribution is 5.92. The second-order valence-corrected chi connectivity index (χ2v) is 8.04. The first-order valence-electron chi connectivity index (χ1n) is 10.1. The molecule has 0 bridgehead atoms. The molecule has 1 atom stereocenters. The van der Waals surface area contributed by atoms with Crippen molar-refractivity contribution in [3.05, 3.63) is 29.3 Å². The summed E-state index contributed by atoms with van der Waals surface area (Å²) in [6, 6.07) is 1.90. The van der Waals surface area contributed by atoms with E-state index < -0.39 is 0 Å². The van der Waals surface area contributed by atoms with E-state index in [0.717, 1.165) is 57.0 Å². The average Bonchev–Trinajstić information content (AvgIpc) is 3.29. The summed E-state index contributed by atoms with van der Waals surface area (Å²) in [7, 11) is 0. The van der Waals surface area contributed by atoms with Gasteiger partial charge in [-0.3, -0.25) is 14.4 Å². The van der Waals surface area contributed by atoms with E-state index in [1.165, 1.54) is 0 Å². The Balaban J connectivity index is 1.50. The number of hydrogen-bond acceptors (Lipinski definition) is 6. The summed E-state index contributed by atoms with van der Waals surface area (Å²) in [4.78, 5) is 17.6.